The second-order valence-electron chi connectivity index (χ2n) is 7.43. The standard InChI is InChI=1S/C23H29ClN4O2/c1-28(14-15-30-2)13-7-3-6-12-25-21-16-17(10-11-20(21)24)22-18-8-4-5-9-19(18)23(29)27-26-22/h4-5,8-11,16,25H,3,6-7,12-15H2,1-2H3,(H,27,29). The van der Waals surface area contributed by atoms with Crippen molar-refractivity contribution in [2.24, 2.45) is 0 Å². The molecule has 2 aromatic carbocycles. The third-order valence-electron chi connectivity index (χ3n) is 5.15. The molecule has 2 N–H and O–H groups in total. The fourth-order valence-corrected chi connectivity index (χ4v) is 3.59. The lowest BCUT2D eigenvalue weighted by atomic mass is 10.0. The first-order chi connectivity index (χ1) is 14.6. The van der Waals surface area contributed by atoms with E-state index in [2.05, 4.69) is 27.5 Å². The largest absolute Gasteiger partial charge is 0.384 e. The van der Waals surface area contributed by atoms with Crippen LogP contribution in [0.15, 0.2) is 47.3 Å². The van der Waals surface area contributed by atoms with Crippen LogP contribution < -0.4 is 10.9 Å². The summed E-state index contributed by atoms with van der Waals surface area (Å²) < 4.78 is 5.10. The summed E-state index contributed by atoms with van der Waals surface area (Å²) in [5, 5.41) is 12.4. The predicted molar refractivity (Wildman–Crippen MR) is 125 cm³/mol. The molecule has 0 fully saturated rings. The minimum atomic E-state index is -0.186. The zero-order chi connectivity index (χ0) is 21.3. The molecule has 30 heavy (non-hydrogen) atoms. The summed E-state index contributed by atoms with van der Waals surface area (Å²) in [4.78, 5) is 14.3. The lowest BCUT2D eigenvalue weighted by molar-refractivity contribution is 0.160. The molecule has 3 rings (SSSR count). The molecule has 160 valence electrons. The number of H-pyrrole nitrogens is 1. The van der Waals surface area contributed by atoms with Crippen molar-refractivity contribution in [1.29, 1.82) is 0 Å². The van der Waals surface area contributed by atoms with Crippen molar-refractivity contribution in [1.82, 2.24) is 15.1 Å². The van der Waals surface area contributed by atoms with Gasteiger partial charge < -0.3 is 15.0 Å². The Morgan fingerprint density at radius 2 is 1.90 bits per heavy atom. The number of unbranched alkanes of at least 4 members (excludes halogenated alkanes) is 2. The number of aromatic amines is 1. The number of fused-ring (bicyclic) bond motifs is 1. The Morgan fingerprint density at radius 1 is 1.10 bits per heavy atom. The van der Waals surface area contributed by atoms with E-state index in [4.69, 9.17) is 16.3 Å². The van der Waals surface area contributed by atoms with Crippen LogP contribution in [0, 0.1) is 0 Å². The predicted octanol–water partition coefficient (Wildman–Crippen LogP) is 4.40. The molecule has 0 bridgehead atoms. The smallest absolute Gasteiger partial charge is 0.272 e. The molecule has 1 heterocycles. The topological polar surface area (TPSA) is 70.2 Å². The minimum absolute atomic E-state index is 0.186. The molecular weight excluding hydrogens is 400 g/mol. The van der Waals surface area contributed by atoms with Gasteiger partial charge in [0.1, 0.15) is 0 Å². The Hall–Kier alpha value is -2.41. The average molecular weight is 429 g/mol. The van der Waals surface area contributed by atoms with Crippen molar-refractivity contribution >= 4 is 28.1 Å². The van der Waals surface area contributed by atoms with Gasteiger partial charge in [0.15, 0.2) is 0 Å². The summed E-state index contributed by atoms with van der Waals surface area (Å²) in [6.07, 6.45) is 3.37. The number of nitrogens with one attached hydrogen (secondary N) is 2. The highest BCUT2D eigenvalue weighted by molar-refractivity contribution is 6.33. The minimum Gasteiger partial charge on any atom is -0.384 e. The van der Waals surface area contributed by atoms with Gasteiger partial charge in [0.2, 0.25) is 0 Å². The highest BCUT2D eigenvalue weighted by atomic mass is 35.5. The Balaban J connectivity index is 1.60. The molecule has 0 amide bonds. The van der Waals surface area contributed by atoms with Gasteiger partial charge in [-0.05, 0) is 44.6 Å². The Labute approximate surface area is 182 Å². The second kappa shape index (κ2) is 11.1. The summed E-state index contributed by atoms with van der Waals surface area (Å²) in [5.74, 6) is 0. The van der Waals surface area contributed by atoms with Crippen molar-refractivity contribution < 1.29 is 4.74 Å². The summed E-state index contributed by atoms with van der Waals surface area (Å²) in [6.45, 7) is 3.66. The van der Waals surface area contributed by atoms with Crippen molar-refractivity contribution in [3.8, 4) is 11.3 Å². The van der Waals surface area contributed by atoms with Crippen LogP contribution in [0.1, 0.15) is 19.3 Å². The van der Waals surface area contributed by atoms with Crippen LogP contribution in [0.2, 0.25) is 5.02 Å². The molecule has 0 atom stereocenters. The van der Waals surface area contributed by atoms with Gasteiger partial charge in [-0.1, -0.05) is 42.3 Å². The van der Waals surface area contributed by atoms with E-state index in [-0.39, 0.29) is 5.56 Å². The van der Waals surface area contributed by atoms with E-state index in [9.17, 15) is 4.79 Å². The quantitative estimate of drug-likeness (QED) is 0.443. The van der Waals surface area contributed by atoms with Gasteiger partial charge in [0, 0.05) is 31.1 Å². The van der Waals surface area contributed by atoms with E-state index in [1.54, 1.807) is 13.2 Å². The van der Waals surface area contributed by atoms with Crippen LogP contribution >= 0.6 is 11.6 Å². The SMILES string of the molecule is COCCN(C)CCCCCNc1cc(-c2n[nH]c(=O)c3ccccc23)ccc1Cl. The van der Waals surface area contributed by atoms with Crippen molar-refractivity contribution in [3.05, 3.63) is 57.8 Å². The van der Waals surface area contributed by atoms with Crippen LogP contribution in [0.4, 0.5) is 5.69 Å². The molecule has 0 radical (unpaired) electrons. The summed E-state index contributed by atoms with van der Waals surface area (Å²) in [6, 6.07) is 13.3. The van der Waals surface area contributed by atoms with E-state index in [1.807, 2.05) is 36.4 Å². The van der Waals surface area contributed by atoms with Crippen molar-refractivity contribution in [2.75, 3.05) is 45.7 Å². The van der Waals surface area contributed by atoms with E-state index < -0.39 is 0 Å². The number of halogens is 1. The normalized spacial score (nSPS) is 11.3. The second-order valence-corrected chi connectivity index (χ2v) is 7.83. The number of methoxy groups -OCH3 is 1. The zero-order valence-electron chi connectivity index (χ0n) is 17.6. The first-order valence-corrected chi connectivity index (χ1v) is 10.7. The number of likely N-dealkylation sites (N-methyl/N-ethyl adjacent to an activating group) is 1. The maximum absolute atomic E-state index is 12.0. The first-order valence-electron chi connectivity index (χ1n) is 10.3. The molecule has 3 aromatic rings. The number of anilines is 1. The molecule has 0 spiro atoms. The van der Waals surface area contributed by atoms with Gasteiger partial charge in [-0.15, -0.1) is 0 Å². The number of benzene rings is 2. The Morgan fingerprint density at radius 3 is 2.70 bits per heavy atom. The fraction of sp³-hybridized carbons (Fsp3) is 0.391. The third-order valence-corrected chi connectivity index (χ3v) is 5.47. The van der Waals surface area contributed by atoms with Crippen LogP contribution in [0.5, 0.6) is 0 Å². The molecule has 6 nitrogen and oxygen atoms in total. The first kappa shape index (κ1) is 22.3. The fourth-order valence-electron chi connectivity index (χ4n) is 3.41. The van der Waals surface area contributed by atoms with E-state index >= 15 is 0 Å². The highest BCUT2D eigenvalue weighted by Crippen LogP contribution is 2.30. The van der Waals surface area contributed by atoms with Crippen molar-refractivity contribution in [2.45, 2.75) is 19.3 Å². The molecular formula is C23H29ClN4O2. The monoisotopic (exact) mass is 428 g/mol. The molecule has 0 aliphatic heterocycles. The van der Waals surface area contributed by atoms with E-state index in [1.165, 1.54) is 0 Å². The molecule has 0 aliphatic carbocycles. The van der Waals surface area contributed by atoms with Gasteiger partial charge in [-0.3, -0.25) is 4.79 Å². The summed E-state index contributed by atoms with van der Waals surface area (Å²) >= 11 is 6.40. The van der Waals surface area contributed by atoms with E-state index in [0.29, 0.717) is 10.4 Å². The number of ether oxygens (including phenoxy) is 1. The van der Waals surface area contributed by atoms with Crippen molar-refractivity contribution in [3.63, 3.8) is 0 Å². The summed E-state index contributed by atoms with van der Waals surface area (Å²) in [5.41, 5.74) is 2.34. The molecule has 0 saturated heterocycles. The average Bonchev–Trinajstić information content (AvgIpc) is 2.76. The van der Waals surface area contributed by atoms with Crippen LogP contribution in [-0.4, -0.2) is 55.5 Å². The number of aromatic nitrogens is 2. The molecule has 0 unspecified atom stereocenters. The Bertz CT molecular complexity index is 1020. The molecule has 1 aromatic heterocycles. The summed E-state index contributed by atoms with van der Waals surface area (Å²) in [7, 11) is 3.85. The number of rotatable bonds is 11. The van der Waals surface area contributed by atoms with Crippen LogP contribution in [-0.2, 0) is 4.74 Å². The molecule has 0 aliphatic rings. The van der Waals surface area contributed by atoms with Gasteiger partial charge in [-0.25, -0.2) is 5.10 Å². The van der Waals surface area contributed by atoms with Gasteiger partial charge in [0.25, 0.3) is 5.56 Å². The Kier molecular flexibility index (Phi) is 8.25. The zero-order valence-corrected chi connectivity index (χ0v) is 18.3. The number of nitrogens with zero attached hydrogens (tertiary/aromatic N) is 2. The highest BCUT2D eigenvalue weighted by Gasteiger charge is 2.10. The number of hydrogen-bond donors (Lipinski definition) is 2. The maximum Gasteiger partial charge on any atom is 0.272 e. The lowest BCUT2D eigenvalue weighted by Crippen LogP contribution is -2.23. The van der Waals surface area contributed by atoms with Crippen LogP contribution in [0.3, 0.4) is 0 Å². The van der Waals surface area contributed by atoms with Gasteiger partial charge >= 0.3 is 0 Å². The third kappa shape index (κ3) is 5.81. The van der Waals surface area contributed by atoms with Gasteiger partial charge in [0.05, 0.1) is 28.4 Å². The molecule has 7 heteroatoms. The lowest BCUT2D eigenvalue weighted by Gasteiger charge is -2.15. The maximum atomic E-state index is 12.0. The van der Waals surface area contributed by atoms with E-state index in [0.717, 1.165) is 67.8 Å². The van der Waals surface area contributed by atoms with Crippen LogP contribution in [0.25, 0.3) is 22.0 Å². The number of hydrogen-bond acceptors (Lipinski definition) is 5. The van der Waals surface area contributed by atoms with Gasteiger partial charge in [-0.2, -0.15) is 5.10 Å². The molecule has 0 saturated carbocycles.